The Morgan fingerprint density at radius 1 is 0.850 bits per heavy atom. The number of carbonyl (C=O) groups excluding carboxylic acids is 4. The van der Waals surface area contributed by atoms with Gasteiger partial charge in [-0.05, 0) is 72.9 Å². The minimum atomic E-state index is -0.923. The fourth-order valence-corrected chi connectivity index (χ4v) is 4.07. The minimum absolute atomic E-state index is 0.129. The first-order valence-electron chi connectivity index (χ1n) is 13.5. The van der Waals surface area contributed by atoms with Crippen molar-refractivity contribution in [1.82, 2.24) is 10.6 Å². The average molecular weight is 565 g/mol. The molecule has 226 valence electrons. The number of amides is 3. The lowest BCUT2D eigenvalue weighted by atomic mass is 9.81. The van der Waals surface area contributed by atoms with Crippen LogP contribution in [0.1, 0.15) is 87.6 Å². The molecule has 0 spiro atoms. The molecule has 11 nitrogen and oxygen atoms in total. The number of hydrogen-bond acceptors (Lipinski definition) is 8. The zero-order chi connectivity index (χ0) is 31.2. The van der Waals surface area contributed by atoms with Crippen LogP contribution in [0.4, 0.5) is 10.5 Å². The van der Waals surface area contributed by atoms with Crippen LogP contribution in [0.25, 0.3) is 0 Å². The van der Waals surface area contributed by atoms with Crippen molar-refractivity contribution in [2.24, 2.45) is 17.6 Å². The standard InChI is InChI=1S/C29H48N4O7/c1-15(2)23(33-24(35)17(4)30)25(36)32-21-14-19(34)12-13-20(21)22(16(3)26(37)39-28(6,7)8)18(5)31-27(38)40-29(9,10)11/h12-18,22-23,34H,30H2,1-11H3,(H,31,38)(H,32,36)(H,33,35). The van der Waals surface area contributed by atoms with Crippen LogP contribution in [0.15, 0.2) is 18.2 Å². The lowest BCUT2D eigenvalue weighted by Gasteiger charge is -2.33. The number of alkyl carbamates (subject to hydrolysis) is 1. The number of carbonyl (C=O) groups is 4. The van der Waals surface area contributed by atoms with Gasteiger partial charge in [0.25, 0.3) is 0 Å². The van der Waals surface area contributed by atoms with E-state index in [1.807, 2.05) is 0 Å². The largest absolute Gasteiger partial charge is 0.508 e. The molecule has 0 bridgehead atoms. The van der Waals surface area contributed by atoms with E-state index >= 15 is 0 Å². The van der Waals surface area contributed by atoms with E-state index in [0.29, 0.717) is 5.56 Å². The third-order valence-electron chi connectivity index (χ3n) is 5.91. The van der Waals surface area contributed by atoms with Gasteiger partial charge in [-0.1, -0.05) is 26.8 Å². The second-order valence-corrected chi connectivity index (χ2v) is 12.6. The average Bonchev–Trinajstić information content (AvgIpc) is 2.75. The first kappa shape index (κ1) is 34.7. The second-order valence-electron chi connectivity index (χ2n) is 12.6. The highest BCUT2D eigenvalue weighted by molar-refractivity contribution is 5.98. The van der Waals surface area contributed by atoms with Crippen molar-refractivity contribution in [3.8, 4) is 5.75 Å². The summed E-state index contributed by atoms with van der Waals surface area (Å²) in [5.74, 6) is -3.45. The number of hydrogen-bond donors (Lipinski definition) is 5. The monoisotopic (exact) mass is 564 g/mol. The smallest absolute Gasteiger partial charge is 0.407 e. The Bertz CT molecular complexity index is 1060. The van der Waals surface area contributed by atoms with Crippen LogP contribution in [-0.2, 0) is 23.9 Å². The third kappa shape index (κ3) is 11.0. The first-order chi connectivity index (χ1) is 18.1. The van der Waals surface area contributed by atoms with Crippen LogP contribution in [0, 0.1) is 11.8 Å². The van der Waals surface area contributed by atoms with Crippen LogP contribution in [0.2, 0.25) is 0 Å². The van der Waals surface area contributed by atoms with Crippen LogP contribution >= 0.6 is 0 Å². The summed E-state index contributed by atoms with van der Waals surface area (Å²) in [7, 11) is 0. The normalized spacial score (nSPS) is 15.7. The fourth-order valence-electron chi connectivity index (χ4n) is 4.07. The van der Waals surface area contributed by atoms with E-state index in [1.54, 1.807) is 75.3 Å². The van der Waals surface area contributed by atoms with E-state index in [0.717, 1.165) is 0 Å². The highest BCUT2D eigenvalue weighted by Crippen LogP contribution is 2.37. The maximum atomic E-state index is 13.4. The molecular formula is C29H48N4O7. The molecule has 1 aromatic rings. The number of phenolic OH excluding ortho intramolecular Hbond substituents is 1. The molecule has 0 aromatic heterocycles. The topological polar surface area (TPSA) is 169 Å². The van der Waals surface area contributed by atoms with Crippen LogP contribution in [0.3, 0.4) is 0 Å². The molecular weight excluding hydrogens is 516 g/mol. The van der Waals surface area contributed by atoms with Gasteiger partial charge in [0.1, 0.15) is 23.0 Å². The van der Waals surface area contributed by atoms with Gasteiger partial charge in [0.15, 0.2) is 0 Å². The second kappa shape index (κ2) is 13.8. The first-order valence-corrected chi connectivity index (χ1v) is 13.5. The Hall–Kier alpha value is -3.34. The van der Waals surface area contributed by atoms with E-state index in [9.17, 15) is 24.3 Å². The van der Waals surface area contributed by atoms with Gasteiger partial charge < -0.3 is 36.3 Å². The van der Waals surface area contributed by atoms with Crippen molar-refractivity contribution in [1.29, 1.82) is 0 Å². The van der Waals surface area contributed by atoms with E-state index in [2.05, 4.69) is 16.0 Å². The minimum Gasteiger partial charge on any atom is -0.508 e. The van der Waals surface area contributed by atoms with E-state index in [1.165, 1.54) is 19.1 Å². The quantitative estimate of drug-likeness (QED) is 0.267. The summed E-state index contributed by atoms with van der Waals surface area (Å²) in [6.07, 6.45) is -0.677. The Morgan fingerprint density at radius 2 is 1.40 bits per heavy atom. The van der Waals surface area contributed by atoms with Gasteiger partial charge in [-0.2, -0.15) is 0 Å². The van der Waals surface area contributed by atoms with Crippen molar-refractivity contribution in [2.45, 2.75) is 111 Å². The molecule has 40 heavy (non-hydrogen) atoms. The van der Waals surface area contributed by atoms with Crippen molar-refractivity contribution in [3.63, 3.8) is 0 Å². The summed E-state index contributed by atoms with van der Waals surface area (Å²) < 4.78 is 11.1. The van der Waals surface area contributed by atoms with Crippen molar-refractivity contribution in [3.05, 3.63) is 23.8 Å². The van der Waals surface area contributed by atoms with Gasteiger partial charge in [-0.3, -0.25) is 14.4 Å². The zero-order valence-corrected chi connectivity index (χ0v) is 25.7. The number of aromatic hydroxyl groups is 1. The highest BCUT2D eigenvalue weighted by atomic mass is 16.6. The molecule has 5 atom stereocenters. The molecule has 6 N–H and O–H groups in total. The van der Waals surface area contributed by atoms with Crippen molar-refractivity contribution in [2.75, 3.05) is 5.32 Å². The van der Waals surface area contributed by atoms with Gasteiger partial charge in [-0.15, -0.1) is 0 Å². The van der Waals surface area contributed by atoms with Crippen molar-refractivity contribution >= 4 is 29.6 Å². The molecule has 0 aliphatic rings. The lowest BCUT2D eigenvalue weighted by Crippen LogP contribution is -2.51. The number of rotatable bonds is 10. The fraction of sp³-hybridized carbons (Fsp3) is 0.655. The maximum Gasteiger partial charge on any atom is 0.407 e. The molecule has 0 aliphatic heterocycles. The third-order valence-corrected chi connectivity index (χ3v) is 5.91. The summed E-state index contributed by atoms with van der Waals surface area (Å²) >= 11 is 0. The van der Waals surface area contributed by atoms with Crippen LogP contribution in [0.5, 0.6) is 5.75 Å². The van der Waals surface area contributed by atoms with Crippen molar-refractivity contribution < 1.29 is 33.8 Å². The molecule has 0 saturated heterocycles. The van der Waals surface area contributed by atoms with Crippen LogP contribution in [-0.4, -0.2) is 58.3 Å². The Kier molecular flexibility index (Phi) is 12.0. The Morgan fingerprint density at radius 3 is 1.88 bits per heavy atom. The molecule has 0 saturated carbocycles. The molecule has 1 aromatic carbocycles. The van der Waals surface area contributed by atoms with E-state index in [-0.39, 0.29) is 17.4 Å². The molecule has 0 aliphatic carbocycles. The number of nitrogens with one attached hydrogen (secondary N) is 3. The summed E-state index contributed by atoms with van der Waals surface area (Å²) in [5.41, 5.74) is 4.85. The number of anilines is 1. The molecule has 11 heteroatoms. The molecule has 0 heterocycles. The summed E-state index contributed by atoms with van der Waals surface area (Å²) in [4.78, 5) is 51.5. The number of ether oxygens (including phenoxy) is 2. The summed E-state index contributed by atoms with van der Waals surface area (Å²) in [5, 5.41) is 18.5. The predicted octanol–water partition coefficient (Wildman–Crippen LogP) is 3.79. The van der Waals surface area contributed by atoms with Gasteiger partial charge in [0.2, 0.25) is 11.8 Å². The zero-order valence-electron chi connectivity index (χ0n) is 25.7. The SMILES string of the molecule is CC(N)C(=O)NC(C(=O)Nc1cc(O)ccc1C(C(C)NC(=O)OC(C)(C)C)C(C)C(=O)OC(C)(C)C)C(C)C. The lowest BCUT2D eigenvalue weighted by molar-refractivity contribution is -0.160. The number of phenols is 1. The highest BCUT2D eigenvalue weighted by Gasteiger charge is 2.37. The molecule has 3 amide bonds. The van der Waals surface area contributed by atoms with Gasteiger partial charge in [0.05, 0.1) is 12.0 Å². The van der Waals surface area contributed by atoms with E-state index in [4.69, 9.17) is 15.2 Å². The molecule has 0 radical (unpaired) electrons. The summed E-state index contributed by atoms with van der Waals surface area (Å²) in [6, 6.07) is 1.95. The maximum absolute atomic E-state index is 13.4. The number of nitrogens with two attached hydrogens (primary N) is 1. The van der Waals surface area contributed by atoms with Gasteiger partial charge >= 0.3 is 12.1 Å². The Balaban J connectivity index is 3.55. The van der Waals surface area contributed by atoms with E-state index < -0.39 is 65.0 Å². The summed E-state index contributed by atoms with van der Waals surface area (Å²) in [6.45, 7) is 18.9. The molecule has 0 fully saturated rings. The molecule has 5 unspecified atom stereocenters. The number of benzene rings is 1. The van der Waals surface area contributed by atoms with Crippen LogP contribution < -0.4 is 21.7 Å². The van der Waals surface area contributed by atoms with Gasteiger partial charge in [0, 0.05) is 23.7 Å². The predicted molar refractivity (Wildman–Crippen MR) is 154 cm³/mol. The number of esters is 1. The molecule has 1 rings (SSSR count). The Labute approximate surface area is 237 Å². The van der Waals surface area contributed by atoms with Gasteiger partial charge in [-0.25, -0.2) is 4.79 Å².